The third kappa shape index (κ3) is 2.31. The van der Waals surface area contributed by atoms with Gasteiger partial charge in [0.25, 0.3) is 0 Å². The third-order valence-corrected chi connectivity index (χ3v) is 9.51. The van der Waals surface area contributed by atoms with Gasteiger partial charge in [-0.1, -0.05) is 20.8 Å². The SMILES string of the molecule is COC(=O)C(N)CS[C@@]12CO[C@@]3(O)C1[C@@](C)([C@H]1CC(C)(C)C[C@H]1[C@@H]2O)[C@@H]3O. The highest BCUT2D eigenvalue weighted by atomic mass is 32.2. The molecule has 4 aliphatic rings. The van der Waals surface area contributed by atoms with E-state index >= 15 is 0 Å². The highest BCUT2D eigenvalue weighted by Crippen LogP contribution is 2.76. The average molecular weight is 402 g/mol. The number of nitrogens with two attached hydrogens (primary N) is 1. The molecule has 8 heteroatoms. The van der Waals surface area contributed by atoms with Gasteiger partial charge in [-0.3, -0.25) is 4.79 Å². The van der Waals surface area contributed by atoms with Gasteiger partial charge in [0, 0.05) is 17.1 Å². The maximum Gasteiger partial charge on any atom is 0.323 e. The second kappa shape index (κ2) is 5.83. The maximum atomic E-state index is 11.7. The lowest BCUT2D eigenvalue weighted by Gasteiger charge is -2.69. The fourth-order valence-electron chi connectivity index (χ4n) is 6.79. The minimum atomic E-state index is -1.64. The van der Waals surface area contributed by atoms with Crippen molar-refractivity contribution < 1.29 is 29.6 Å². The van der Waals surface area contributed by atoms with Crippen LogP contribution in [0.2, 0.25) is 0 Å². The Labute approximate surface area is 164 Å². The van der Waals surface area contributed by atoms with E-state index in [2.05, 4.69) is 13.8 Å². The number of ether oxygens (including phenoxy) is 2. The Kier molecular flexibility index (Phi) is 4.30. The van der Waals surface area contributed by atoms with Gasteiger partial charge >= 0.3 is 5.97 Å². The summed E-state index contributed by atoms with van der Waals surface area (Å²) in [6, 6.07) is -0.815. The van der Waals surface area contributed by atoms with Gasteiger partial charge in [-0.05, 0) is 30.1 Å². The van der Waals surface area contributed by atoms with Gasteiger partial charge in [0.1, 0.15) is 12.1 Å². The van der Waals surface area contributed by atoms with E-state index < -0.39 is 46.1 Å². The number of methoxy groups -OCH3 is 1. The number of fused-ring (bicyclic) bond motifs is 2. The standard InChI is InChI=1S/C19H31NO6S/c1-16(2)5-9-10(6-16)17(3)14-18(12(9)21,8-26-19(14,24)15(17)23)27-7-11(20)13(22)25-4/h9-12,14-15,21,23-24H,5-8,20H2,1-4H3/t9-,10+,11?,12+,14?,15+,17-,18-,19+/m1/s1. The number of carbonyl (C=O) groups excluding carboxylic acids is 1. The van der Waals surface area contributed by atoms with Gasteiger partial charge in [-0.2, -0.15) is 0 Å². The number of esters is 1. The molecule has 4 rings (SSSR count). The molecule has 1 aliphatic heterocycles. The molecule has 0 bridgehead atoms. The Bertz CT molecular complexity index is 660. The van der Waals surface area contributed by atoms with Crippen LogP contribution in [0.3, 0.4) is 0 Å². The first kappa shape index (κ1) is 19.9. The van der Waals surface area contributed by atoms with Crippen LogP contribution in [0.15, 0.2) is 0 Å². The molecule has 1 heterocycles. The van der Waals surface area contributed by atoms with Crippen molar-refractivity contribution in [1.82, 2.24) is 0 Å². The van der Waals surface area contributed by atoms with Crippen molar-refractivity contribution in [3.63, 3.8) is 0 Å². The van der Waals surface area contributed by atoms with Crippen LogP contribution >= 0.6 is 11.8 Å². The number of carbonyl (C=O) groups is 1. The van der Waals surface area contributed by atoms with E-state index in [1.54, 1.807) is 0 Å². The van der Waals surface area contributed by atoms with E-state index in [9.17, 15) is 20.1 Å². The van der Waals surface area contributed by atoms with Crippen molar-refractivity contribution in [2.24, 2.45) is 34.3 Å². The summed E-state index contributed by atoms with van der Waals surface area (Å²) in [4.78, 5) is 11.7. The zero-order chi connectivity index (χ0) is 20.0. The van der Waals surface area contributed by atoms with Crippen molar-refractivity contribution in [2.75, 3.05) is 19.5 Å². The lowest BCUT2D eigenvalue weighted by Crippen LogP contribution is -2.81. The molecule has 0 amide bonds. The van der Waals surface area contributed by atoms with E-state index in [0.717, 1.165) is 12.8 Å². The molecule has 0 aromatic carbocycles. The normalized spacial score (nSPS) is 53.3. The molecular formula is C19H31NO6S. The van der Waals surface area contributed by atoms with Crippen LogP contribution in [0.4, 0.5) is 0 Å². The second-order valence-corrected chi connectivity index (χ2v) is 11.3. The minimum absolute atomic E-state index is 0.0176. The average Bonchev–Trinajstić information content (AvgIpc) is 3.11. The van der Waals surface area contributed by atoms with Gasteiger partial charge in [-0.25, -0.2) is 0 Å². The number of aliphatic hydroxyl groups excluding tert-OH is 2. The van der Waals surface area contributed by atoms with E-state index in [1.807, 2.05) is 6.92 Å². The fourth-order valence-corrected chi connectivity index (χ4v) is 8.50. The first-order chi connectivity index (χ1) is 12.4. The van der Waals surface area contributed by atoms with Crippen molar-refractivity contribution in [1.29, 1.82) is 0 Å². The van der Waals surface area contributed by atoms with Crippen molar-refractivity contribution in [3.05, 3.63) is 0 Å². The summed E-state index contributed by atoms with van der Waals surface area (Å²) in [5.74, 6) is -2.17. The Morgan fingerprint density at radius 1 is 1.33 bits per heavy atom. The molecule has 27 heavy (non-hydrogen) atoms. The fraction of sp³-hybridized carbons (Fsp3) is 0.947. The van der Waals surface area contributed by atoms with E-state index in [-0.39, 0.29) is 29.6 Å². The van der Waals surface area contributed by atoms with Crippen LogP contribution < -0.4 is 5.73 Å². The summed E-state index contributed by atoms with van der Waals surface area (Å²) in [6.45, 7) is 6.53. The molecule has 0 radical (unpaired) electrons. The zero-order valence-electron chi connectivity index (χ0n) is 16.3. The molecule has 3 aliphatic carbocycles. The number of hydrogen-bond acceptors (Lipinski definition) is 8. The first-order valence-electron chi connectivity index (χ1n) is 9.64. The predicted octanol–water partition coefficient (Wildman–Crippen LogP) is 0.101. The molecule has 3 saturated carbocycles. The summed E-state index contributed by atoms with van der Waals surface area (Å²) in [5.41, 5.74) is 5.46. The zero-order valence-corrected chi connectivity index (χ0v) is 17.2. The smallest absolute Gasteiger partial charge is 0.323 e. The number of hydrogen-bond donors (Lipinski definition) is 4. The van der Waals surface area contributed by atoms with Gasteiger partial charge in [-0.15, -0.1) is 11.8 Å². The Morgan fingerprint density at radius 2 is 2.00 bits per heavy atom. The monoisotopic (exact) mass is 401 g/mol. The van der Waals surface area contributed by atoms with Crippen LogP contribution in [0, 0.1) is 28.6 Å². The maximum absolute atomic E-state index is 11.7. The van der Waals surface area contributed by atoms with E-state index in [0.29, 0.717) is 0 Å². The topological polar surface area (TPSA) is 122 Å². The summed E-state index contributed by atoms with van der Waals surface area (Å²) in [5, 5.41) is 33.4. The molecule has 0 aromatic rings. The molecule has 2 unspecified atom stereocenters. The number of thioether (sulfide) groups is 1. The largest absolute Gasteiger partial charge is 0.468 e. The summed E-state index contributed by atoms with van der Waals surface area (Å²) in [6.07, 6.45) is 0.0777. The molecule has 154 valence electrons. The molecular weight excluding hydrogens is 370 g/mol. The van der Waals surface area contributed by atoms with Crippen LogP contribution in [0.25, 0.3) is 0 Å². The Hall–Kier alpha value is -0.380. The first-order valence-corrected chi connectivity index (χ1v) is 10.6. The molecule has 4 fully saturated rings. The molecule has 5 N–H and O–H groups in total. The highest BCUT2D eigenvalue weighted by Gasteiger charge is 2.85. The molecule has 7 nitrogen and oxygen atoms in total. The second-order valence-electron chi connectivity index (χ2n) is 9.93. The minimum Gasteiger partial charge on any atom is -0.468 e. The Balaban J connectivity index is 1.70. The molecule has 0 aromatic heterocycles. The van der Waals surface area contributed by atoms with Crippen LogP contribution in [0.5, 0.6) is 0 Å². The summed E-state index contributed by atoms with van der Waals surface area (Å²) >= 11 is 1.39. The van der Waals surface area contributed by atoms with Gasteiger partial charge in [0.05, 0.1) is 24.6 Å². The summed E-state index contributed by atoms with van der Waals surface area (Å²) in [7, 11) is 1.29. The highest BCUT2D eigenvalue weighted by molar-refractivity contribution is 8.00. The molecule has 0 spiro atoms. The van der Waals surface area contributed by atoms with Crippen LogP contribution in [-0.4, -0.2) is 69.5 Å². The lowest BCUT2D eigenvalue weighted by atomic mass is 9.41. The molecule has 9 atom stereocenters. The lowest BCUT2D eigenvalue weighted by molar-refractivity contribution is -0.385. The van der Waals surface area contributed by atoms with Crippen LogP contribution in [-0.2, 0) is 14.3 Å². The number of rotatable bonds is 4. The van der Waals surface area contributed by atoms with Gasteiger partial charge in [0.2, 0.25) is 0 Å². The van der Waals surface area contributed by atoms with Gasteiger partial charge in [0.15, 0.2) is 5.79 Å². The third-order valence-electron chi connectivity index (χ3n) is 7.85. The van der Waals surface area contributed by atoms with E-state index in [4.69, 9.17) is 15.2 Å². The van der Waals surface area contributed by atoms with E-state index in [1.165, 1.54) is 18.9 Å². The quantitative estimate of drug-likeness (QED) is 0.489. The van der Waals surface area contributed by atoms with Crippen molar-refractivity contribution in [2.45, 2.75) is 62.4 Å². The predicted molar refractivity (Wildman–Crippen MR) is 99.7 cm³/mol. The number of aliphatic hydroxyl groups is 3. The Morgan fingerprint density at radius 3 is 2.63 bits per heavy atom. The van der Waals surface area contributed by atoms with Crippen molar-refractivity contribution in [3.8, 4) is 0 Å². The van der Waals surface area contributed by atoms with Crippen molar-refractivity contribution >= 4 is 17.7 Å². The summed E-state index contributed by atoms with van der Waals surface area (Å²) < 4.78 is 9.62. The van der Waals surface area contributed by atoms with Gasteiger partial charge < -0.3 is 30.5 Å². The van der Waals surface area contributed by atoms with Crippen LogP contribution in [0.1, 0.15) is 33.6 Å². The molecule has 1 saturated heterocycles.